The average molecular weight is 567 g/mol. The van der Waals surface area contributed by atoms with Gasteiger partial charge < -0.3 is 9.47 Å². The molecule has 0 saturated carbocycles. The van der Waals surface area contributed by atoms with Crippen molar-refractivity contribution in [2.24, 2.45) is 0 Å². The summed E-state index contributed by atoms with van der Waals surface area (Å²) in [5.74, 6) is 0. The molecule has 0 atom stereocenters. The van der Waals surface area contributed by atoms with Gasteiger partial charge in [-0.2, -0.15) is 0 Å². The van der Waals surface area contributed by atoms with E-state index in [0.717, 1.165) is 0 Å². The quantitative estimate of drug-likeness (QED) is 0.210. The summed E-state index contributed by atoms with van der Waals surface area (Å²) in [6.07, 6.45) is 0. The Bertz CT molecular complexity index is 2290. The Morgan fingerprint density at radius 1 is 0.395 bits per heavy atom. The van der Waals surface area contributed by atoms with Crippen molar-refractivity contribution >= 4 is 61.4 Å². The molecule has 7 aromatic carbocycles. The number of hydrogen-bond acceptors (Lipinski definition) is 2. The first-order valence-electron chi connectivity index (χ1n) is 14.6. The number of anilines is 3. The van der Waals surface area contributed by atoms with E-state index in [1.54, 1.807) is 0 Å². The molecular weight excluding hydrogens is 541 g/mol. The summed E-state index contributed by atoms with van der Waals surface area (Å²) in [7, 11) is 0. The third-order valence-electron chi connectivity index (χ3n) is 8.57. The number of fused-ring (bicyclic) bond motifs is 6. The van der Waals surface area contributed by atoms with Gasteiger partial charge in [-0.3, -0.25) is 0 Å². The molecule has 1 aliphatic rings. The molecule has 202 valence electrons. The van der Waals surface area contributed by atoms with Crippen LogP contribution in [0.25, 0.3) is 49.4 Å². The molecule has 0 saturated heterocycles. The highest BCUT2D eigenvalue weighted by Crippen LogP contribution is 2.53. The Morgan fingerprint density at radius 3 is 1.77 bits per heavy atom. The molecule has 1 aliphatic heterocycles. The lowest BCUT2D eigenvalue weighted by Crippen LogP contribution is -2.15. The fourth-order valence-electron chi connectivity index (χ4n) is 6.69. The molecule has 0 amide bonds. The Kier molecular flexibility index (Phi) is 5.47. The lowest BCUT2D eigenvalue weighted by Gasteiger charge is -2.33. The predicted molar refractivity (Wildman–Crippen MR) is 183 cm³/mol. The van der Waals surface area contributed by atoms with Crippen LogP contribution < -0.4 is 4.90 Å². The predicted octanol–water partition coefficient (Wildman–Crippen LogP) is 11.5. The van der Waals surface area contributed by atoms with E-state index in [0.29, 0.717) is 0 Å². The fraction of sp³-hybridized carbons (Fsp3) is 0. The van der Waals surface area contributed by atoms with Crippen molar-refractivity contribution in [2.75, 3.05) is 4.90 Å². The van der Waals surface area contributed by atoms with Crippen LogP contribution in [0, 0.1) is 0 Å². The van der Waals surface area contributed by atoms with E-state index >= 15 is 0 Å². The van der Waals surface area contributed by atoms with Crippen LogP contribution in [0.4, 0.5) is 17.1 Å². The summed E-state index contributed by atoms with van der Waals surface area (Å²) in [5.41, 5.74) is 9.72. The monoisotopic (exact) mass is 566 g/mol. The van der Waals surface area contributed by atoms with Crippen LogP contribution in [0.5, 0.6) is 0 Å². The molecule has 43 heavy (non-hydrogen) atoms. The number of rotatable bonds is 3. The summed E-state index contributed by atoms with van der Waals surface area (Å²) in [6, 6.07) is 57.2. The van der Waals surface area contributed by atoms with E-state index in [-0.39, 0.29) is 0 Å². The molecule has 9 rings (SSSR count). The van der Waals surface area contributed by atoms with Crippen LogP contribution >= 0.6 is 11.8 Å². The Labute approximate surface area is 254 Å². The standard InChI is InChI=1S/C40H26N2S/c1-2-12-28(13-3-1)41-34-17-7-6-16-32(34)33-26-27(22-24-36(33)41)29-23-25-35(31-15-5-4-14-30(29)31)42-37-18-8-10-20-39(37)43-40-21-11-9-19-38(40)42/h1-26H. The maximum absolute atomic E-state index is 2.43. The maximum atomic E-state index is 2.43. The Morgan fingerprint density at radius 2 is 1.00 bits per heavy atom. The zero-order valence-electron chi connectivity index (χ0n) is 23.3. The average Bonchev–Trinajstić information content (AvgIpc) is 3.41. The highest BCUT2D eigenvalue weighted by Gasteiger charge is 2.26. The fourth-order valence-corrected chi connectivity index (χ4v) is 7.75. The van der Waals surface area contributed by atoms with Gasteiger partial charge in [-0.15, -0.1) is 0 Å². The van der Waals surface area contributed by atoms with E-state index in [1.165, 1.54) is 76.2 Å². The number of hydrogen-bond donors (Lipinski definition) is 0. The molecule has 8 aromatic rings. The molecule has 2 heterocycles. The number of benzene rings is 7. The van der Waals surface area contributed by atoms with Gasteiger partial charge in [-0.1, -0.05) is 109 Å². The molecule has 3 heteroatoms. The van der Waals surface area contributed by atoms with Gasteiger partial charge in [-0.05, 0) is 77.2 Å². The van der Waals surface area contributed by atoms with Crippen LogP contribution in [-0.2, 0) is 0 Å². The van der Waals surface area contributed by atoms with Crippen LogP contribution in [0.3, 0.4) is 0 Å². The summed E-state index contributed by atoms with van der Waals surface area (Å²) in [4.78, 5) is 4.98. The van der Waals surface area contributed by atoms with Crippen molar-refractivity contribution in [3.8, 4) is 16.8 Å². The highest BCUT2D eigenvalue weighted by atomic mass is 32.2. The molecule has 0 aliphatic carbocycles. The minimum absolute atomic E-state index is 1.18. The first-order chi connectivity index (χ1) is 21.3. The lowest BCUT2D eigenvalue weighted by atomic mass is 9.95. The normalized spacial score (nSPS) is 12.5. The van der Waals surface area contributed by atoms with E-state index in [9.17, 15) is 0 Å². The minimum atomic E-state index is 1.18. The summed E-state index contributed by atoms with van der Waals surface area (Å²) in [5, 5.41) is 5.02. The molecule has 0 spiro atoms. The second kappa shape index (κ2) is 9.65. The van der Waals surface area contributed by atoms with Crippen molar-refractivity contribution in [3.63, 3.8) is 0 Å². The van der Waals surface area contributed by atoms with Gasteiger partial charge in [0.05, 0.1) is 28.1 Å². The van der Waals surface area contributed by atoms with Gasteiger partial charge in [0, 0.05) is 31.6 Å². The van der Waals surface area contributed by atoms with Gasteiger partial charge >= 0.3 is 0 Å². The van der Waals surface area contributed by atoms with Gasteiger partial charge in [0.25, 0.3) is 0 Å². The van der Waals surface area contributed by atoms with Crippen LogP contribution in [0.1, 0.15) is 0 Å². The summed E-state index contributed by atoms with van der Waals surface area (Å²) in [6.45, 7) is 0. The maximum Gasteiger partial charge on any atom is 0.0601 e. The molecule has 0 fully saturated rings. The SMILES string of the molecule is c1ccc(-n2c3ccccc3c3cc(-c4ccc(N5c6ccccc6Sc6ccccc65)c5ccccc45)ccc32)cc1. The summed E-state index contributed by atoms with van der Waals surface area (Å²) >= 11 is 1.84. The molecule has 0 N–H and O–H groups in total. The van der Waals surface area contributed by atoms with Crippen molar-refractivity contribution in [2.45, 2.75) is 9.79 Å². The molecular formula is C40H26N2S. The third kappa shape index (κ3) is 3.75. The Hall–Kier alpha value is -5.25. The van der Waals surface area contributed by atoms with Crippen LogP contribution in [-0.4, -0.2) is 4.57 Å². The van der Waals surface area contributed by atoms with Gasteiger partial charge in [-0.25, -0.2) is 0 Å². The molecule has 0 bridgehead atoms. The van der Waals surface area contributed by atoms with E-state index in [2.05, 4.69) is 167 Å². The van der Waals surface area contributed by atoms with Gasteiger partial charge in [0.1, 0.15) is 0 Å². The molecule has 2 nitrogen and oxygen atoms in total. The second-order valence-corrected chi connectivity index (χ2v) is 12.1. The molecule has 0 radical (unpaired) electrons. The molecule has 0 unspecified atom stereocenters. The van der Waals surface area contributed by atoms with Crippen LogP contribution in [0.15, 0.2) is 168 Å². The minimum Gasteiger partial charge on any atom is -0.309 e. The van der Waals surface area contributed by atoms with Gasteiger partial charge in [0.2, 0.25) is 0 Å². The number of aromatic nitrogens is 1. The third-order valence-corrected chi connectivity index (χ3v) is 9.70. The zero-order valence-corrected chi connectivity index (χ0v) is 24.1. The number of nitrogens with zero attached hydrogens (tertiary/aromatic N) is 2. The highest BCUT2D eigenvalue weighted by molar-refractivity contribution is 7.99. The second-order valence-electron chi connectivity index (χ2n) is 11.0. The smallest absolute Gasteiger partial charge is 0.0601 e. The lowest BCUT2D eigenvalue weighted by molar-refractivity contribution is 1.17. The van der Waals surface area contributed by atoms with Crippen molar-refractivity contribution in [3.05, 3.63) is 158 Å². The van der Waals surface area contributed by atoms with Crippen molar-refractivity contribution in [1.29, 1.82) is 0 Å². The van der Waals surface area contributed by atoms with Gasteiger partial charge in [0.15, 0.2) is 0 Å². The first kappa shape index (κ1) is 24.4. The topological polar surface area (TPSA) is 8.17 Å². The first-order valence-corrected chi connectivity index (χ1v) is 15.4. The zero-order chi connectivity index (χ0) is 28.3. The van der Waals surface area contributed by atoms with Crippen molar-refractivity contribution < 1.29 is 0 Å². The van der Waals surface area contributed by atoms with Crippen molar-refractivity contribution in [1.82, 2.24) is 4.57 Å². The summed E-state index contributed by atoms with van der Waals surface area (Å²) < 4.78 is 2.37. The molecule has 1 aromatic heterocycles. The van der Waals surface area contributed by atoms with Crippen LogP contribution in [0.2, 0.25) is 0 Å². The van der Waals surface area contributed by atoms with E-state index in [4.69, 9.17) is 0 Å². The van der Waals surface area contributed by atoms with E-state index < -0.39 is 0 Å². The largest absolute Gasteiger partial charge is 0.309 e. The van der Waals surface area contributed by atoms with E-state index in [1.807, 2.05) is 11.8 Å². The Balaban J connectivity index is 1.26. The number of para-hydroxylation sites is 4.